The summed E-state index contributed by atoms with van der Waals surface area (Å²) >= 11 is 9.14. The molecule has 0 atom stereocenters. The lowest BCUT2D eigenvalue weighted by Crippen LogP contribution is -2.24. The minimum absolute atomic E-state index is 0.0181. The molecule has 1 N–H and O–H groups in total. The summed E-state index contributed by atoms with van der Waals surface area (Å²) < 4.78 is 0.986. The smallest absolute Gasteiger partial charge is 0.224 e. The average Bonchev–Trinajstić information content (AvgIpc) is 2.46. The van der Waals surface area contributed by atoms with E-state index in [0.717, 1.165) is 21.2 Å². The summed E-state index contributed by atoms with van der Waals surface area (Å²) in [7, 11) is 0. The molecule has 104 valence electrons. The zero-order chi connectivity index (χ0) is 14.4. The number of hydrogen-bond acceptors (Lipinski definition) is 1. The van der Waals surface area contributed by atoms with Gasteiger partial charge in [-0.2, -0.15) is 0 Å². The monoisotopic (exact) mass is 351 g/mol. The molecule has 2 aromatic rings. The first-order chi connectivity index (χ1) is 9.67. The van der Waals surface area contributed by atoms with E-state index >= 15 is 0 Å². The van der Waals surface area contributed by atoms with E-state index in [1.165, 1.54) is 0 Å². The van der Waals surface area contributed by atoms with E-state index in [-0.39, 0.29) is 5.91 Å². The number of amides is 1. The van der Waals surface area contributed by atoms with Gasteiger partial charge in [0, 0.05) is 16.9 Å². The van der Waals surface area contributed by atoms with Gasteiger partial charge in [-0.25, -0.2) is 0 Å². The van der Waals surface area contributed by atoms with Crippen molar-refractivity contribution in [3.8, 4) is 0 Å². The molecule has 0 spiro atoms. The van der Waals surface area contributed by atoms with Crippen LogP contribution < -0.4 is 5.32 Å². The van der Waals surface area contributed by atoms with Crippen molar-refractivity contribution in [2.75, 3.05) is 0 Å². The minimum atomic E-state index is 0.0181. The predicted octanol–water partition coefficient (Wildman–Crippen LogP) is 4.05. The van der Waals surface area contributed by atoms with Crippen molar-refractivity contribution in [2.24, 2.45) is 0 Å². The highest BCUT2D eigenvalue weighted by Gasteiger charge is 2.03. The maximum absolute atomic E-state index is 11.9. The Hall–Kier alpha value is -1.32. The van der Waals surface area contributed by atoms with Crippen LogP contribution in [0.15, 0.2) is 53.0 Å². The van der Waals surface area contributed by atoms with Gasteiger partial charge in [0.1, 0.15) is 0 Å². The van der Waals surface area contributed by atoms with E-state index in [2.05, 4.69) is 21.2 Å². The lowest BCUT2D eigenvalue weighted by Gasteiger charge is -2.06. The number of rotatable bonds is 5. The second-order valence-electron chi connectivity index (χ2n) is 4.53. The van der Waals surface area contributed by atoms with Crippen molar-refractivity contribution in [3.63, 3.8) is 0 Å². The Labute approximate surface area is 132 Å². The van der Waals surface area contributed by atoms with E-state index in [9.17, 15) is 4.79 Å². The highest BCUT2D eigenvalue weighted by atomic mass is 79.9. The van der Waals surface area contributed by atoms with E-state index in [1.807, 2.05) is 48.5 Å². The predicted molar refractivity (Wildman–Crippen MR) is 85.7 cm³/mol. The Morgan fingerprint density at radius 3 is 2.40 bits per heavy atom. The van der Waals surface area contributed by atoms with Crippen LogP contribution in [0.4, 0.5) is 0 Å². The molecule has 1 amide bonds. The van der Waals surface area contributed by atoms with Gasteiger partial charge in [-0.3, -0.25) is 4.79 Å². The van der Waals surface area contributed by atoms with Crippen LogP contribution in [0.5, 0.6) is 0 Å². The van der Waals surface area contributed by atoms with Gasteiger partial charge in [0.05, 0.1) is 6.42 Å². The third-order valence-corrected chi connectivity index (χ3v) is 3.72. The van der Waals surface area contributed by atoms with Crippen molar-refractivity contribution >= 4 is 33.4 Å². The number of halogens is 2. The van der Waals surface area contributed by atoms with Gasteiger partial charge in [0.25, 0.3) is 0 Å². The normalized spacial score (nSPS) is 10.3. The zero-order valence-electron chi connectivity index (χ0n) is 10.9. The van der Waals surface area contributed by atoms with Crippen molar-refractivity contribution in [3.05, 3.63) is 69.7 Å². The molecule has 0 unspecified atom stereocenters. The Kier molecular flexibility index (Phi) is 5.62. The lowest BCUT2D eigenvalue weighted by molar-refractivity contribution is -0.120. The molecule has 0 saturated carbocycles. The van der Waals surface area contributed by atoms with Crippen LogP contribution in [0.25, 0.3) is 0 Å². The number of alkyl halides is 1. The molecule has 0 heterocycles. The molecule has 4 heteroatoms. The second kappa shape index (κ2) is 7.46. The summed E-state index contributed by atoms with van der Waals surface area (Å²) in [6.45, 7) is 0.537. The van der Waals surface area contributed by atoms with Crippen LogP contribution in [0.1, 0.15) is 16.7 Å². The third-order valence-electron chi connectivity index (χ3n) is 2.92. The van der Waals surface area contributed by atoms with E-state index in [0.29, 0.717) is 18.8 Å². The van der Waals surface area contributed by atoms with Crippen LogP contribution in [0.2, 0.25) is 0 Å². The highest BCUT2D eigenvalue weighted by molar-refractivity contribution is 9.10. The summed E-state index contributed by atoms with van der Waals surface area (Å²) in [6, 6.07) is 15.7. The van der Waals surface area contributed by atoms with Gasteiger partial charge in [0.15, 0.2) is 0 Å². The van der Waals surface area contributed by atoms with Gasteiger partial charge < -0.3 is 5.32 Å². The van der Waals surface area contributed by atoms with Gasteiger partial charge in [-0.1, -0.05) is 52.3 Å². The van der Waals surface area contributed by atoms with Gasteiger partial charge >= 0.3 is 0 Å². The average molecular weight is 353 g/mol. The molecule has 20 heavy (non-hydrogen) atoms. The number of nitrogens with one attached hydrogen (secondary N) is 1. The Morgan fingerprint density at radius 1 is 1.05 bits per heavy atom. The third kappa shape index (κ3) is 4.66. The Balaban J connectivity index is 1.85. The lowest BCUT2D eigenvalue weighted by atomic mass is 10.1. The number of hydrogen-bond donors (Lipinski definition) is 1. The molecule has 0 aliphatic rings. The van der Waals surface area contributed by atoms with Gasteiger partial charge in [-0.05, 0) is 28.8 Å². The summed E-state index contributed by atoms with van der Waals surface area (Å²) in [5.41, 5.74) is 3.15. The van der Waals surface area contributed by atoms with Crippen molar-refractivity contribution < 1.29 is 4.79 Å². The van der Waals surface area contributed by atoms with Gasteiger partial charge in [0.2, 0.25) is 5.91 Å². The molecule has 0 fully saturated rings. The first-order valence-electron chi connectivity index (χ1n) is 6.32. The van der Waals surface area contributed by atoms with E-state index in [1.54, 1.807) is 0 Å². The van der Waals surface area contributed by atoms with Gasteiger partial charge in [-0.15, -0.1) is 11.6 Å². The molecule has 0 aliphatic heterocycles. The molecule has 0 aromatic heterocycles. The highest BCUT2D eigenvalue weighted by Crippen LogP contribution is 2.12. The molecule has 0 radical (unpaired) electrons. The van der Waals surface area contributed by atoms with Crippen molar-refractivity contribution in [1.82, 2.24) is 5.32 Å². The number of carbonyl (C=O) groups excluding carboxylic acids is 1. The molecule has 2 rings (SSSR count). The topological polar surface area (TPSA) is 29.1 Å². The van der Waals surface area contributed by atoms with Crippen LogP contribution in [-0.2, 0) is 23.6 Å². The second-order valence-corrected chi connectivity index (χ2v) is 5.72. The first-order valence-corrected chi connectivity index (χ1v) is 7.65. The summed E-state index contributed by atoms with van der Waals surface area (Å²) in [6.07, 6.45) is 0.388. The van der Waals surface area contributed by atoms with Crippen LogP contribution >= 0.6 is 27.5 Å². The first kappa shape index (κ1) is 15.1. The molecular formula is C16H15BrClNO. The fourth-order valence-electron chi connectivity index (χ4n) is 1.84. The maximum Gasteiger partial charge on any atom is 0.224 e. The molecule has 0 bridgehead atoms. The van der Waals surface area contributed by atoms with Crippen molar-refractivity contribution in [2.45, 2.75) is 18.8 Å². The van der Waals surface area contributed by atoms with Crippen LogP contribution in [0, 0.1) is 0 Å². The maximum atomic E-state index is 11.9. The fourth-order valence-corrected chi connectivity index (χ4v) is 2.47. The molecular weight excluding hydrogens is 338 g/mol. The molecule has 2 aromatic carbocycles. The standard InChI is InChI=1S/C16H15BrClNO/c17-15-3-1-2-14(8-15)9-16(20)19-11-13-6-4-12(10-18)5-7-13/h1-8H,9-11H2,(H,19,20). The Morgan fingerprint density at radius 2 is 1.75 bits per heavy atom. The summed E-state index contributed by atoms with van der Waals surface area (Å²) in [4.78, 5) is 11.9. The van der Waals surface area contributed by atoms with E-state index < -0.39 is 0 Å². The largest absolute Gasteiger partial charge is 0.352 e. The molecule has 0 aliphatic carbocycles. The number of carbonyl (C=O) groups is 1. The summed E-state index contributed by atoms with van der Waals surface area (Å²) in [5.74, 6) is 0.528. The Bertz CT molecular complexity index is 583. The number of benzene rings is 2. The van der Waals surface area contributed by atoms with E-state index in [4.69, 9.17) is 11.6 Å². The van der Waals surface area contributed by atoms with Crippen LogP contribution in [0.3, 0.4) is 0 Å². The minimum Gasteiger partial charge on any atom is -0.352 e. The van der Waals surface area contributed by atoms with Crippen LogP contribution in [-0.4, -0.2) is 5.91 Å². The van der Waals surface area contributed by atoms with Crippen molar-refractivity contribution in [1.29, 1.82) is 0 Å². The molecule has 2 nitrogen and oxygen atoms in total. The molecule has 0 saturated heterocycles. The fraction of sp³-hybridized carbons (Fsp3) is 0.188. The zero-order valence-corrected chi connectivity index (χ0v) is 13.2. The quantitative estimate of drug-likeness (QED) is 0.808. The SMILES string of the molecule is O=C(Cc1cccc(Br)c1)NCc1ccc(CCl)cc1. The summed E-state index contributed by atoms with van der Waals surface area (Å²) in [5, 5.41) is 2.92.